The number of aromatic nitrogens is 3. The Kier molecular flexibility index (Phi) is 5.25. The summed E-state index contributed by atoms with van der Waals surface area (Å²) in [4.78, 5) is 28.9. The number of aliphatic hydroxyl groups excluding tert-OH is 1. The molecule has 1 aliphatic heterocycles. The van der Waals surface area contributed by atoms with Gasteiger partial charge in [0.05, 0.1) is 12.1 Å². The molecule has 1 aliphatic carbocycles. The summed E-state index contributed by atoms with van der Waals surface area (Å²) in [6.07, 6.45) is 3.54. The number of hydrogen-bond acceptors (Lipinski definition) is 9. The maximum Gasteiger partial charge on any atom is 0.307 e. The van der Waals surface area contributed by atoms with Gasteiger partial charge >= 0.3 is 5.97 Å². The van der Waals surface area contributed by atoms with Gasteiger partial charge in [-0.25, -0.2) is 9.50 Å². The lowest BCUT2D eigenvalue weighted by Crippen LogP contribution is -2.44. The standard InChI is InChI=1S/C20H27N5O5/c1-19(14-6-5-12-18(21)23-11-24-25(12)14)17(28)16(27)13(30-19)10-29-15(26)9-20(22)7-3-2-4-8-20/h5-6,11,13,17,28H,2-4,7-10,22H2,1H3,(H2,21,23,24)/t13-,17-,19+/m1/s1. The molecule has 0 amide bonds. The zero-order valence-corrected chi connectivity index (χ0v) is 16.9. The van der Waals surface area contributed by atoms with Crippen LogP contribution in [0.4, 0.5) is 5.82 Å². The van der Waals surface area contributed by atoms with Crippen LogP contribution in [0.5, 0.6) is 0 Å². The number of rotatable bonds is 5. The third kappa shape index (κ3) is 3.55. The van der Waals surface area contributed by atoms with E-state index in [1.165, 1.54) is 10.8 Å². The van der Waals surface area contributed by atoms with Crippen LogP contribution in [-0.2, 0) is 24.7 Å². The van der Waals surface area contributed by atoms with Crippen molar-refractivity contribution in [3.8, 4) is 0 Å². The number of nitrogen functional groups attached to an aromatic ring is 1. The number of esters is 1. The fourth-order valence-corrected chi connectivity index (χ4v) is 4.45. The van der Waals surface area contributed by atoms with Crippen molar-refractivity contribution in [3.05, 3.63) is 24.2 Å². The number of hydrogen-bond donors (Lipinski definition) is 3. The molecule has 1 saturated carbocycles. The number of anilines is 1. The molecule has 2 aromatic rings. The third-order valence-corrected chi connectivity index (χ3v) is 6.23. The monoisotopic (exact) mass is 417 g/mol. The van der Waals surface area contributed by atoms with Gasteiger partial charge in [-0.1, -0.05) is 19.3 Å². The Labute approximate surface area is 173 Å². The Bertz CT molecular complexity index is 970. The first-order chi connectivity index (χ1) is 14.2. The van der Waals surface area contributed by atoms with Crippen molar-refractivity contribution in [1.82, 2.24) is 14.6 Å². The van der Waals surface area contributed by atoms with Crippen LogP contribution in [0.25, 0.3) is 5.52 Å². The van der Waals surface area contributed by atoms with E-state index in [9.17, 15) is 14.7 Å². The Morgan fingerprint density at radius 2 is 2.10 bits per heavy atom. The number of carbonyl (C=O) groups excluding carboxylic acids is 2. The van der Waals surface area contributed by atoms with Crippen molar-refractivity contribution >= 4 is 23.1 Å². The Hall–Kier alpha value is -2.56. The van der Waals surface area contributed by atoms with E-state index in [4.69, 9.17) is 20.9 Å². The molecule has 0 radical (unpaired) electrons. The largest absolute Gasteiger partial charge is 0.462 e. The quantitative estimate of drug-likeness (QED) is 0.588. The van der Waals surface area contributed by atoms with Crippen LogP contribution >= 0.6 is 0 Å². The molecule has 0 unspecified atom stereocenters. The van der Waals surface area contributed by atoms with Crippen molar-refractivity contribution in [2.75, 3.05) is 12.3 Å². The average Bonchev–Trinajstić information content (AvgIpc) is 3.24. The normalized spacial score (nSPS) is 28.7. The molecule has 0 bridgehead atoms. The van der Waals surface area contributed by atoms with Gasteiger partial charge in [-0.05, 0) is 31.9 Å². The minimum Gasteiger partial charge on any atom is -0.462 e. The van der Waals surface area contributed by atoms with Gasteiger partial charge in [0.25, 0.3) is 0 Å². The first-order valence-corrected chi connectivity index (χ1v) is 10.2. The van der Waals surface area contributed by atoms with Crippen LogP contribution in [0, 0.1) is 0 Å². The summed E-state index contributed by atoms with van der Waals surface area (Å²) in [6.45, 7) is 1.31. The van der Waals surface area contributed by atoms with Crippen LogP contribution in [0.1, 0.15) is 51.1 Å². The van der Waals surface area contributed by atoms with Crippen LogP contribution in [-0.4, -0.2) is 55.8 Å². The second-order valence-electron chi connectivity index (χ2n) is 8.46. The fourth-order valence-electron chi connectivity index (χ4n) is 4.45. The van der Waals surface area contributed by atoms with E-state index in [1.807, 2.05) is 0 Å². The molecular weight excluding hydrogens is 390 g/mol. The molecule has 2 aromatic heterocycles. The van der Waals surface area contributed by atoms with Gasteiger partial charge in [-0.3, -0.25) is 9.59 Å². The number of nitrogens with two attached hydrogens (primary N) is 2. The Morgan fingerprint density at radius 3 is 2.83 bits per heavy atom. The number of ketones is 1. The van der Waals surface area contributed by atoms with Gasteiger partial charge in [0.2, 0.25) is 0 Å². The predicted molar refractivity (Wildman–Crippen MR) is 106 cm³/mol. The number of carbonyl (C=O) groups is 2. The van der Waals surface area contributed by atoms with Crippen LogP contribution in [0.3, 0.4) is 0 Å². The Balaban J connectivity index is 1.45. The summed E-state index contributed by atoms with van der Waals surface area (Å²) < 4.78 is 12.7. The molecule has 5 N–H and O–H groups in total. The zero-order chi connectivity index (χ0) is 21.5. The molecule has 3 heterocycles. The summed E-state index contributed by atoms with van der Waals surface area (Å²) in [5.41, 5.74) is 11.2. The van der Waals surface area contributed by atoms with Gasteiger partial charge in [0, 0.05) is 5.54 Å². The summed E-state index contributed by atoms with van der Waals surface area (Å²) in [7, 11) is 0. The second-order valence-corrected chi connectivity index (χ2v) is 8.46. The van der Waals surface area contributed by atoms with Crippen molar-refractivity contribution in [2.45, 2.75) is 68.8 Å². The lowest BCUT2D eigenvalue weighted by Gasteiger charge is -2.32. The van der Waals surface area contributed by atoms with E-state index in [1.54, 1.807) is 19.1 Å². The SMILES string of the molecule is C[C@@]1(c2ccc3c(N)ncnn23)O[C@H](COC(=O)CC2(N)CCCCC2)C(=O)[C@H]1O. The second kappa shape index (κ2) is 7.60. The summed E-state index contributed by atoms with van der Waals surface area (Å²) in [6, 6.07) is 3.36. The number of aliphatic hydroxyl groups is 1. The summed E-state index contributed by atoms with van der Waals surface area (Å²) >= 11 is 0. The van der Waals surface area contributed by atoms with Crippen LogP contribution in [0.15, 0.2) is 18.5 Å². The van der Waals surface area contributed by atoms with E-state index < -0.39 is 35.1 Å². The lowest BCUT2D eigenvalue weighted by atomic mass is 9.80. The van der Waals surface area contributed by atoms with E-state index in [0.717, 1.165) is 32.1 Å². The van der Waals surface area contributed by atoms with Gasteiger partial charge in [-0.15, -0.1) is 0 Å². The molecule has 10 nitrogen and oxygen atoms in total. The van der Waals surface area contributed by atoms with Crippen molar-refractivity contribution in [2.24, 2.45) is 5.73 Å². The highest BCUT2D eigenvalue weighted by Crippen LogP contribution is 2.38. The minimum atomic E-state index is -1.45. The number of ether oxygens (including phenoxy) is 2. The highest BCUT2D eigenvalue weighted by atomic mass is 16.6. The average molecular weight is 417 g/mol. The molecule has 0 spiro atoms. The summed E-state index contributed by atoms with van der Waals surface area (Å²) in [5, 5.41) is 14.8. The highest BCUT2D eigenvalue weighted by molar-refractivity contribution is 5.91. The molecule has 0 aromatic carbocycles. The number of nitrogens with zero attached hydrogens (tertiary/aromatic N) is 3. The van der Waals surface area contributed by atoms with E-state index in [-0.39, 0.29) is 18.8 Å². The maximum absolute atomic E-state index is 12.6. The van der Waals surface area contributed by atoms with E-state index >= 15 is 0 Å². The van der Waals surface area contributed by atoms with E-state index in [0.29, 0.717) is 11.2 Å². The zero-order valence-electron chi connectivity index (χ0n) is 16.9. The number of fused-ring (bicyclic) bond motifs is 1. The molecule has 2 fully saturated rings. The lowest BCUT2D eigenvalue weighted by molar-refractivity contribution is -0.153. The van der Waals surface area contributed by atoms with Gasteiger partial charge < -0.3 is 26.0 Å². The Morgan fingerprint density at radius 1 is 1.37 bits per heavy atom. The molecule has 10 heteroatoms. The third-order valence-electron chi connectivity index (χ3n) is 6.23. The van der Waals surface area contributed by atoms with Crippen molar-refractivity contribution in [1.29, 1.82) is 0 Å². The number of Topliss-reactive ketones (excluding diaryl/α,β-unsaturated/α-hetero) is 1. The fraction of sp³-hybridized carbons (Fsp3) is 0.600. The molecule has 4 rings (SSSR count). The first-order valence-electron chi connectivity index (χ1n) is 10.2. The minimum absolute atomic E-state index is 0.104. The van der Waals surface area contributed by atoms with E-state index in [2.05, 4.69) is 10.1 Å². The van der Waals surface area contributed by atoms with Gasteiger partial charge in [0.15, 0.2) is 17.7 Å². The highest BCUT2D eigenvalue weighted by Gasteiger charge is 2.54. The molecule has 3 atom stereocenters. The molecule has 1 saturated heterocycles. The topological polar surface area (TPSA) is 155 Å². The molecule has 162 valence electrons. The van der Waals surface area contributed by atoms with Crippen LogP contribution < -0.4 is 11.5 Å². The molecule has 2 aliphatic rings. The van der Waals surface area contributed by atoms with Crippen molar-refractivity contribution < 1.29 is 24.2 Å². The maximum atomic E-state index is 12.6. The predicted octanol–water partition coefficient (Wildman–Crippen LogP) is 0.450. The molecular formula is C20H27N5O5. The van der Waals surface area contributed by atoms with Crippen molar-refractivity contribution in [3.63, 3.8) is 0 Å². The van der Waals surface area contributed by atoms with Crippen LogP contribution in [0.2, 0.25) is 0 Å². The van der Waals surface area contributed by atoms with Gasteiger partial charge in [0.1, 0.15) is 30.2 Å². The smallest absolute Gasteiger partial charge is 0.307 e. The van der Waals surface area contributed by atoms with Gasteiger partial charge in [-0.2, -0.15) is 5.10 Å². The summed E-state index contributed by atoms with van der Waals surface area (Å²) in [5.74, 6) is -0.752. The molecule has 30 heavy (non-hydrogen) atoms. The first kappa shape index (κ1) is 20.7.